The van der Waals surface area contributed by atoms with Gasteiger partial charge in [0.25, 0.3) is 0 Å². The molecule has 0 fully saturated rings. The Hall–Kier alpha value is -2.23. The van der Waals surface area contributed by atoms with Gasteiger partial charge in [0.1, 0.15) is 0 Å². The Bertz CT molecular complexity index is 657. The number of nitrogen functional groups attached to an aromatic ring is 1. The van der Waals surface area contributed by atoms with Gasteiger partial charge >= 0.3 is 0 Å². The predicted octanol–water partition coefficient (Wildman–Crippen LogP) is 3.91. The highest BCUT2D eigenvalue weighted by atomic mass is 19.1. The van der Waals surface area contributed by atoms with Crippen LogP contribution in [-0.4, -0.2) is 7.11 Å². The minimum absolute atomic E-state index is 0.201. The number of fused-ring (bicyclic) bond motifs is 1. The molecule has 0 spiro atoms. The lowest BCUT2D eigenvalue weighted by atomic mass is 9.87. The molecule has 0 heterocycles. The number of halogens is 1. The van der Waals surface area contributed by atoms with Crippen LogP contribution < -0.4 is 15.8 Å². The summed E-state index contributed by atoms with van der Waals surface area (Å²) in [5.41, 5.74) is 9.71. The molecule has 0 amide bonds. The third-order valence-electron chi connectivity index (χ3n) is 4.02. The highest BCUT2D eigenvalue weighted by Gasteiger charge is 2.20. The van der Waals surface area contributed by atoms with Gasteiger partial charge in [0.05, 0.1) is 24.5 Å². The van der Waals surface area contributed by atoms with Crippen LogP contribution in [0.1, 0.15) is 30.0 Å². The van der Waals surface area contributed by atoms with Gasteiger partial charge in [-0.15, -0.1) is 0 Å². The van der Waals surface area contributed by atoms with E-state index in [1.165, 1.54) is 24.3 Å². The zero-order valence-electron chi connectivity index (χ0n) is 12.0. The second kappa shape index (κ2) is 5.64. The summed E-state index contributed by atoms with van der Waals surface area (Å²) < 4.78 is 18.6. The fourth-order valence-corrected chi connectivity index (χ4v) is 2.94. The van der Waals surface area contributed by atoms with Crippen molar-refractivity contribution in [2.24, 2.45) is 0 Å². The molecule has 21 heavy (non-hydrogen) atoms. The molecule has 3 N–H and O–H groups in total. The van der Waals surface area contributed by atoms with Crippen molar-refractivity contribution in [3.8, 4) is 5.75 Å². The Morgan fingerprint density at radius 1 is 1.29 bits per heavy atom. The molecule has 1 atom stereocenters. The molecule has 1 unspecified atom stereocenters. The minimum Gasteiger partial charge on any atom is -0.494 e. The van der Waals surface area contributed by atoms with Crippen LogP contribution in [0, 0.1) is 5.82 Å². The Morgan fingerprint density at radius 2 is 2.10 bits per heavy atom. The van der Waals surface area contributed by atoms with E-state index in [9.17, 15) is 4.39 Å². The largest absolute Gasteiger partial charge is 0.494 e. The van der Waals surface area contributed by atoms with E-state index in [2.05, 4.69) is 23.5 Å². The number of benzene rings is 2. The normalized spacial score (nSPS) is 17.1. The van der Waals surface area contributed by atoms with Crippen LogP contribution in [0.15, 0.2) is 36.4 Å². The Balaban J connectivity index is 1.91. The molecule has 0 radical (unpaired) electrons. The zero-order chi connectivity index (χ0) is 14.8. The monoisotopic (exact) mass is 286 g/mol. The van der Waals surface area contributed by atoms with E-state index in [-0.39, 0.29) is 11.8 Å². The van der Waals surface area contributed by atoms with Crippen LogP contribution in [0.4, 0.5) is 15.8 Å². The summed E-state index contributed by atoms with van der Waals surface area (Å²) in [4.78, 5) is 0. The fourth-order valence-electron chi connectivity index (χ4n) is 2.94. The van der Waals surface area contributed by atoms with Crippen LogP contribution >= 0.6 is 0 Å². The van der Waals surface area contributed by atoms with Gasteiger partial charge in [0.15, 0.2) is 11.6 Å². The smallest absolute Gasteiger partial charge is 0.167 e. The number of nitrogens with two attached hydrogens (primary N) is 1. The molecule has 0 saturated carbocycles. The van der Waals surface area contributed by atoms with Gasteiger partial charge in [-0.2, -0.15) is 0 Å². The molecule has 110 valence electrons. The van der Waals surface area contributed by atoms with E-state index in [4.69, 9.17) is 10.5 Å². The van der Waals surface area contributed by atoms with Crippen molar-refractivity contribution in [3.63, 3.8) is 0 Å². The fraction of sp³-hybridized carbons (Fsp3) is 0.294. The molecule has 0 saturated heterocycles. The number of hydrogen-bond donors (Lipinski definition) is 2. The van der Waals surface area contributed by atoms with E-state index >= 15 is 0 Å². The quantitative estimate of drug-likeness (QED) is 0.841. The van der Waals surface area contributed by atoms with Crippen molar-refractivity contribution in [2.45, 2.75) is 25.3 Å². The first kappa shape index (κ1) is 13.7. The number of aryl methyl sites for hydroxylation is 1. The Labute approximate surface area is 123 Å². The lowest BCUT2D eigenvalue weighted by Gasteiger charge is -2.28. The van der Waals surface area contributed by atoms with Crippen molar-refractivity contribution in [3.05, 3.63) is 53.3 Å². The highest BCUT2D eigenvalue weighted by Crippen LogP contribution is 2.35. The van der Waals surface area contributed by atoms with Gasteiger partial charge in [0.2, 0.25) is 0 Å². The number of nitrogens with one attached hydrogen (secondary N) is 1. The van der Waals surface area contributed by atoms with Gasteiger partial charge in [-0.3, -0.25) is 0 Å². The zero-order valence-corrected chi connectivity index (χ0v) is 12.0. The molecule has 4 heteroatoms. The van der Waals surface area contributed by atoms with Gasteiger partial charge in [-0.05, 0) is 30.4 Å². The molecule has 3 rings (SSSR count). The lowest BCUT2D eigenvalue weighted by Crippen LogP contribution is -2.18. The third kappa shape index (κ3) is 2.66. The molecule has 1 aliphatic rings. The predicted molar refractivity (Wildman–Crippen MR) is 83.1 cm³/mol. The maximum atomic E-state index is 13.6. The second-order valence-electron chi connectivity index (χ2n) is 5.36. The first-order valence-electron chi connectivity index (χ1n) is 7.16. The van der Waals surface area contributed by atoms with E-state index in [1.54, 1.807) is 6.07 Å². The molecule has 3 nitrogen and oxygen atoms in total. The molecular weight excluding hydrogens is 267 g/mol. The molecule has 0 aliphatic heterocycles. The van der Waals surface area contributed by atoms with E-state index in [1.807, 2.05) is 6.07 Å². The number of ether oxygens (including phenoxy) is 1. The first-order chi connectivity index (χ1) is 10.2. The number of anilines is 2. The van der Waals surface area contributed by atoms with Crippen molar-refractivity contribution < 1.29 is 9.13 Å². The summed E-state index contributed by atoms with van der Waals surface area (Å²) in [6.45, 7) is 0. The summed E-state index contributed by atoms with van der Waals surface area (Å²) in [7, 11) is 1.45. The summed E-state index contributed by atoms with van der Waals surface area (Å²) in [5.74, 6) is -0.236. The van der Waals surface area contributed by atoms with E-state index in [0.717, 1.165) is 24.9 Å². The standard InChI is InChI=1S/C17H19FN2O/c1-21-17-10-16(14(19)9-13(17)18)20-15-8-4-6-11-5-2-3-7-12(11)15/h2-3,5,7,9-10,15,20H,4,6,8,19H2,1H3. The maximum Gasteiger partial charge on any atom is 0.167 e. The lowest BCUT2D eigenvalue weighted by molar-refractivity contribution is 0.387. The molecule has 1 aliphatic carbocycles. The van der Waals surface area contributed by atoms with Gasteiger partial charge in [-0.1, -0.05) is 24.3 Å². The number of methoxy groups -OCH3 is 1. The van der Waals surface area contributed by atoms with Crippen LogP contribution in [-0.2, 0) is 6.42 Å². The molecule has 2 aromatic carbocycles. The molecular formula is C17H19FN2O. The van der Waals surface area contributed by atoms with Gasteiger partial charge in [0, 0.05) is 12.1 Å². The number of hydrogen-bond acceptors (Lipinski definition) is 3. The Morgan fingerprint density at radius 3 is 2.90 bits per heavy atom. The van der Waals surface area contributed by atoms with Crippen LogP contribution in [0.2, 0.25) is 0 Å². The first-order valence-corrected chi connectivity index (χ1v) is 7.16. The van der Waals surface area contributed by atoms with Crippen LogP contribution in [0.3, 0.4) is 0 Å². The summed E-state index contributed by atoms with van der Waals surface area (Å²) in [5, 5.41) is 3.44. The summed E-state index contributed by atoms with van der Waals surface area (Å²) >= 11 is 0. The van der Waals surface area contributed by atoms with Gasteiger partial charge < -0.3 is 15.8 Å². The van der Waals surface area contributed by atoms with Crippen molar-refractivity contribution >= 4 is 11.4 Å². The summed E-state index contributed by atoms with van der Waals surface area (Å²) in [6, 6.07) is 11.6. The minimum atomic E-state index is -0.440. The Kier molecular flexibility index (Phi) is 3.69. The number of rotatable bonds is 3. The summed E-state index contributed by atoms with van der Waals surface area (Å²) in [6.07, 6.45) is 3.28. The van der Waals surface area contributed by atoms with E-state index < -0.39 is 5.82 Å². The average molecular weight is 286 g/mol. The highest BCUT2D eigenvalue weighted by molar-refractivity contribution is 5.69. The third-order valence-corrected chi connectivity index (χ3v) is 4.02. The molecule has 0 aromatic heterocycles. The second-order valence-corrected chi connectivity index (χ2v) is 5.36. The van der Waals surface area contributed by atoms with Crippen molar-refractivity contribution in [1.29, 1.82) is 0 Å². The van der Waals surface area contributed by atoms with Crippen LogP contribution in [0.5, 0.6) is 5.75 Å². The molecule has 2 aromatic rings. The van der Waals surface area contributed by atoms with Crippen LogP contribution in [0.25, 0.3) is 0 Å². The molecule has 0 bridgehead atoms. The topological polar surface area (TPSA) is 47.3 Å². The van der Waals surface area contributed by atoms with Crippen molar-refractivity contribution in [2.75, 3.05) is 18.2 Å². The van der Waals surface area contributed by atoms with E-state index in [0.29, 0.717) is 5.69 Å². The van der Waals surface area contributed by atoms with Gasteiger partial charge in [-0.25, -0.2) is 4.39 Å². The van der Waals surface area contributed by atoms with Crippen molar-refractivity contribution in [1.82, 2.24) is 0 Å². The average Bonchev–Trinajstić information content (AvgIpc) is 2.50. The maximum absolute atomic E-state index is 13.6. The SMILES string of the molecule is COc1cc(NC2CCCc3ccccc32)c(N)cc1F.